The predicted molar refractivity (Wildman–Crippen MR) is 107 cm³/mol. The van der Waals surface area contributed by atoms with Gasteiger partial charge in [-0.1, -0.05) is 35.5 Å². The molecule has 142 valence electrons. The fourth-order valence-corrected chi connectivity index (χ4v) is 3.68. The van der Waals surface area contributed by atoms with Crippen LogP contribution in [0.3, 0.4) is 0 Å². The zero-order valence-electron chi connectivity index (χ0n) is 15.2. The van der Waals surface area contributed by atoms with Gasteiger partial charge in [0, 0.05) is 18.2 Å². The molecule has 0 saturated heterocycles. The molecular weight excluding hydrogens is 398 g/mol. The molecule has 28 heavy (non-hydrogen) atoms. The molecule has 2 aromatic carbocycles. The van der Waals surface area contributed by atoms with Gasteiger partial charge in [-0.2, -0.15) is 0 Å². The second-order valence-electron chi connectivity index (χ2n) is 5.82. The van der Waals surface area contributed by atoms with E-state index in [0.717, 1.165) is 17.0 Å². The molecule has 0 aliphatic carbocycles. The summed E-state index contributed by atoms with van der Waals surface area (Å²) in [5.41, 5.74) is 1.69. The maximum Gasteiger partial charge on any atom is 0.226 e. The molecule has 0 aliphatic rings. The number of hydrogen-bond acceptors (Lipinski definition) is 7. The van der Waals surface area contributed by atoms with Crippen LogP contribution in [0.4, 0.5) is 0 Å². The molecule has 0 fully saturated rings. The van der Waals surface area contributed by atoms with Crippen molar-refractivity contribution in [2.45, 2.75) is 17.8 Å². The predicted octanol–water partition coefficient (Wildman–Crippen LogP) is 4.58. The van der Waals surface area contributed by atoms with Gasteiger partial charge in [-0.25, -0.2) is 0 Å². The lowest BCUT2D eigenvalue weighted by Gasteiger charge is -2.11. The van der Waals surface area contributed by atoms with Gasteiger partial charge >= 0.3 is 0 Å². The van der Waals surface area contributed by atoms with Gasteiger partial charge in [0.2, 0.25) is 11.8 Å². The van der Waals surface area contributed by atoms with E-state index in [0.29, 0.717) is 33.5 Å². The van der Waals surface area contributed by atoms with Gasteiger partial charge in [0.1, 0.15) is 5.75 Å². The lowest BCUT2D eigenvalue weighted by molar-refractivity contribution is 0.414. The number of methoxy groups -OCH3 is 1. The van der Waals surface area contributed by atoms with Crippen molar-refractivity contribution >= 4 is 23.4 Å². The fraction of sp³-hybridized carbons (Fsp3) is 0.158. The summed E-state index contributed by atoms with van der Waals surface area (Å²) in [4.78, 5) is 0. The van der Waals surface area contributed by atoms with Gasteiger partial charge in [-0.05, 0) is 36.4 Å². The first-order valence-electron chi connectivity index (χ1n) is 8.42. The summed E-state index contributed by atoms with van der Waals surface area (Å²) in [6, 6.07) is 15.2. The van der Waals surface area contributed by atoms with Gasteiger partial charge in [0.25, 0.3) is 0 Å². The summed E-state index contributed by atoms with van der Waals surface area (Å²) in [5.74, 6) is 2.97. The molecule has 0 radical (unpaired) electrons. The minimum atomic E-state index is 0.484. The maximum absolute atomic E-state index is 6.41. The Kier molecular flexibility index (Phi) is 5.31. The normalized spacial score (nSPS) is 11.0. The third-order valence-electron chi connectivity index (χ3n) is 3.97. The number of nitrogens with zero attached hydrogens (tertiary/aromatic N) is 5. The van der Waals surface area contributed by atoms with Crippen LogP contribution in [0.15, 0.2) is 58.1 Å². The van der Waals surface area contributed by atoms with Gasteiger partial charge in [0.15, 0.2) is 11.0 Å². The highest BCUT2D eigenvalue weighted by atomic mass is 35.5. The second kappa shape index (κ2) is 8.04. The fourth-order valence-electron chi connectivity index (χ4n) is 2.67. The van der Waals surface area contributed by atoms with E-state index in [4.69, 9.17) is 20.8 Å². The molecule has 0 amide bonds. The van der Waals surface area contributed by atoms with E-state index in [1.165, 1.54) is 11.8 Å². The van der Waals surface area contributed by atoms with Crippen LogP contribution in [0.5, 0.6) is 5.75 Å². The van der Waals surface area contributed by atoms with Crippen molar-refractivity contribution < 1.29 is 9.15 Å². The van der Waals surface area contributed by atoms with Crippen molar-refractivity contribution in [1.82, 2.24) is 25.0 Å². The zero-order chi connectivity index (χ0) is 19.5. The van der Waals surface area contributed by atoms with E-state index in [2.05, 4.69) is 20.4 Å². The van der Waals surface area contributed by atoms with Crippen LogP contribution >= 0.6 is 23.4 Å². The molecule has 4 aromatic rings. The topological polar surface area (TPSA) is 78.9 Å². The van der Waals surface area contributed by atoms with E-state index < -0.39 is 0 Å². The third kappa shape index (κ3) is 3.74. The van der Waals surface area contributed by atoms with Crippen molar-refractivity contribution in [2.75, 3.05) is 7.11 Å². The monoisotopic (exact) mass is 413 g/mol. The van der Waals surface area contributed by atoms with Crippen molar-refractivity contribution in [3.63, 3.8) is 0 Å². The Labute approximate surface area is 170 Å². The Morgan fingerprint density at radius 1 is 1.04 bits per heavy atom. The van der Waals surface area contributed by atoms with Gasteiger partial charge in [-0.3, -0.25) is 4.57 Å². The number of benzene rings is 2. The molecule has 0 saturated carbocycles. The van der Waals surface area contributed by atoms with Crippen molar-refractivity contribution in [3.8, 4) is 22.8 Å². The highest BCUT2D eigenvalue weighted by molar-refractivity contribution is 7.98. The Morgan fingerprint density at radius 3 is 2.50 bits per heavy atom. The summed E-state index contributed by atoms with van der Waals surface area (Å²) in [6.07, 6.45) is 0. The Bertz CT molecular complexity index is 1090. The first-order chi connectivity index (χ1) is 13.7. The van der Waals surface area contributed by atoms with E-state index in [9.17, 15) is 0 Å². The average Bonchev–Trinajstić information content (AvgIpc) is 3.33. The molecule has 2 aromatic heterocycles. The molecule has 0 aliphatic heterocycles. The quantitative estimate of drug-likeness (QED) is 0.428. The summed E-state index contributed by atoms with van der Waals surface area (Å²) in [5, 5.41) is 18.0. The molecule has 4 rings (SSSR count). The molecule has 9 heteroatoms. The number of halogens is 1. The smallest absolute Gasteiger partial charge is 0.226 e. The molecule has 0 N–H and O–H groups in total. The average molecular weight is 414 g/mol. The highest BCUT2D eigenvalue weighted by Gasteiger charge is 2.19. The first kappa shape index (κ1) is 18.5. The summed E-state index contributed by atoms with van der Waals surface area (Å²) in [6.45, 7) is 1.76. The number of aryl methyl sites for hydroxylation is 1. The molecule has 2 heterocycles. The summed E-state index contributed by atoms with van der Waals surface area (Å²) in [7, 11) is 1.64. The molecule has 0 atom stereocenters. The van der Waals surface area contributed by atoms with Gasteiger partial charge < -0.3 is 9.15 Å². The largest absolute Gasteiger partial charge is 0.497 e. The van der Waals surface area contributed by atoms with Crippen LogP contribution in [0, 0.1) is 6.92 Å². The minimum absolute atomic E-state index is 0.484. The molecule has 7 nitrogen and oxygen atoms in total. The van der Waals surface area contributed by atoms with Crippen LogP contribution in [0.25, 0.3) is 17.1 Å². The third-order valence-corrected chi connectivity index (χ3v) is 5.21. The Balaban J connectivity index is 1.76. The molecular formula is C19H16ClN5O2S. The summed E-state index contributed by atoms with van der Waals surface area (Å²) >= 11 is 7.87. The van der Waals surface area contributed by atoms with Crippen LogP contribution < -0.4 is 4.74 Å². The van der Waals surface area contributed by atoms with Crippen molar-refractivity contribution in [1.29, 1.82) is 0 Å². The van der Waals surface area contributed by atoms with E-state index in [1.54, 1.807) is 14.0 Å². The van der Waals surface area contributed by atoms with Crippen LogP contribution in [0.1, 0.15) is 11.8 Å². The van der Waals surface area contributed by atoms with E-state index in [1.807, 2.05) is 53.1 Å². The standard InChI is InChI=1S/C19H16ClN5O2S/c1-12-21-22-17(27-12)11-28-19-24-23-18(15-5-3-4-6-16(15)20)25(19)13-7-9-14(26-2)10-8-13/h3-10H,11H2,1-2H3. The molecule has 0 spiro atoms. The van der Waals surface area contributed by atoms with Crippen LogP contribution in [-0.2, 0) is 5.75 Å². The first-order valence-corrected chi connectivity index (χ1v) is 9.78. The number of rotatable bonds is 6. The SMILES string of the molecule is COc1ccc(-n2c(SCc3nnc(C)o3)nnc2-c2ccccc2Cl)cc1. The van der Waals surface area contributed by atoms with Gasteiger partial charge in [0.05, 0.1) is 17.9 Å². The van der Waals surface area contributed by atoms with Crippen molar-refractivity contribution in [3.05, 3.63) is 65.3 Å². The number of ether oxygens (including phenoxy) is 1. The van der Waals surface area contributed by atoms with E-state index >= 15 is 0 Å². The van der Waals surface area contributed by atoms with E-state index in [-0.39, 0.29) is 0 Å². The lowest BCUT2D eigenvalue weighted by atomic mass is 10.2. The van der Waals surface area contributed by atoms with Crippen LogP contribution in [0.2, 0.25) is 5.02 Å². The Hall–Kier alpha value is -2.84. The minimum Gasteiger partial charge on any atom is -0.497 e. The summed E-state index contributed by atoms with van der Waals surface area (Å²) < 4.78 is 12.7. The zero-order valence-corrected chi connectivity index (χ0v) is 16.7. The molecule has 0 bridgehead atoms. The van der Waals surface area contributed by atoms with Gasteiger partial charge in [-0.15, -0.1) is 20.4 Å². The van der Waals surface area contributed by atoms with Crippen molar-refractivity contribution in [2.24, 2.45) is 0 Å². The number of aromatic nitrogens is 5. The maximum atomic E-state index is 6.41. The second-order valence-corrected chi connectivity index (χ2v) is 7.17. The Morgan fingerprint density at radius 2 is 1.82 bits per heavy atom. The lowest BCUT2D eigenvalue weighted by Crippen LogP contribution is -2.00. The highest BCUT2D eigenvalue weighted by Crippen LogP contribution is 2.33. The number of thioether (sulfide) groups is 1. The van der Waals surface area contributed by atoms with Crippen LogP contribution in [-0.4, -0.2) is 32.1 Å². The number of hydrogen-bond donors (Lipinski definition) is 0. The molecule has 0 unspecified atom stereocenters.